The van der Waals surface area contributed by atoms with Gasteiger partial charge in [0, 0.05) is 0 Å². The average Bonchev–Trinajstić information content (AvgIpc) is 3.63. The molecule has 3 atom stereocenters. The van der Waals surface area contributed by atoms with Crippen molar-refractivity contribution in [2.75, 3.05) is 0 Å². The van der Waals surface area contributed by atoms with Crippen molar-refractivity contribution >= 4 is 18.1 Å². The van der Waals surface area contributed by atoms with E-state index in [1.807, 2.05) is 0 Å². The minimum absolute atomic E-state index is 0.159. The van der Waals surface area contributed by atoms with Gasteiger partial charge >= 0.3 is 303 Å². The molecular formula is C46H57SiZr. The SMILES string of the molecule is CCC1=Cc2c(-c3ccc(C(C)(C)C)cc3)cccc2[CH]1[Zr]([CH]1C(C(C)CC)=Cc2c(-c3ccc(C(C)(C)C)cc3)cccc21)[SiH](C)C. The van der Waals surface area contributed by atoms with E-state index in [4.69, 9.17) is 0 Å². The number of hydrogen-bond acceptors (Lipinski definition) is 0. The van der Waals surface area contributed by atoms with E-state index in [2.05, 4.69) is 172 Å². The van der Waals surface area contributed by atoms with Gasteiger partial charge in [-0.2, -0.15) is 0 Å². The predicted octanol–water partition coefficient (Wildman–Crippen LogP) is 13.2. The fourth-order valence-electron chi connectivity index (χ4n) is 8.26. The van der Waals surface area contributed by atoms with Crippen molar-refractivity contribution in [1.29, 1.82) is 0 Å². The second-order valence-electron chi connectivity index (χ2n) is 16.8. The summed E-state index contributed by atoms with van der Waals surface area (Å²) in [6.07, 6.45) is 7.67. The van der Waals surface area contributed by atoms with E-state index >= 15 is 0 Å². The molecule has 0 amide bonds. The zero-order valence-corrected chi connectivity index (χ0v) is 35.1. The number of hydrogen-bond donors (Lipinski definition) is 0. The summed E-state index contributed by atoms with van der Waals surface area (Å²) in [4.78, 5) is 0. The van der Waals surface area contributed by atoms with E-state index in [9.17, 15) is 0 Å². The van der Waals surface area contributed by atoms with Crippen LogP contribution in [0.5, 0.6) is 0 Å². The van der Waals surface area contributed by atoms with Crippen molar-refractivity contribution in [1.82, 2.24) is 0 Å². The monoisotopic (exact) mass is 727 g/mol. The molecule has 3 unspecified atom stereocenters. The molecule has 0 fully saturated rings. The van der Waals surface area contributed by atoms with Crippen molar-refractivity contribution in [3.63, 3.8) is 0 Å². The topological polar surface area (TPSA) is 0 Å². The van der Waals surface area contributed by atoms with Crippen LogP contribution in [0.3, 0.4) is 0 Å². The van der Waals surface area contributed by atoms with Crippen molar-refractivity contribution < 1.29 is 20.9 Å². The van der Waals surface area contributed by atoms with Crippen LogP contribution < -0.4 is 0 Å². The third-order valence-corrected chi connectivity index (χ3v) is 32.9. The van der Waals surface area contributed by atoms with Crippen LogP contribution in [-0.2, 0) is 31.7 Å². The normalized spacial score (nSPS) is 18.0. The molecular weight excluding hydrogens is 672 g/mol. The maximum atomic E-state index is 2.70. The Bertz CT molecular complexity index is 1840. The van der Waals surface area contributed by atoms with E-state index in [0.29, 0.717) is 13.2 Å². The number of rotatable bonds is 8. The Morgan fingerprint density at radius 2 is 1.08 bits per heavy atom. The Morgan fingerprint density at radius 1 is 0.625 bits per heavy atom. The van der Waals surface area contributed by atoms with E-state index in [-0.39, 0.29) is 10.8 Å². The van der Waals surface area contributed by atoms with Gasteiger partial charge in [0.2, 0.25) is 0 Å². The zero-order chi connectivity index (χ0) is 34.5. The zero-order valence-electron chi connectivity index (χ0n) is 31.5. The molecule has 2 aliphatic rings. The van der Waals surface area contributed by atoms with E-state index in [0.717, 1.165) is 6.42 Å². The van der Waals surface area contributed by atoms with Crippen molar-refractivity contribution in [2.45, 2.75) is 106 Å². The fourth-order valence-corrected chi connectivity index (χ4v) is 31.4. The first-order valence-corrected chi connectivity index (χ1v) is 28.5. The van der Waals surface area contributed by atoms with Crippen LogP contribution in [0.2, 0.25) is 13.1 Å². The van der Waals surface area contributed by atoms with Gasteiger partial charge < -0.3 is 0 Å². The van der Waals surface area contributed by atoms with Gasteiger partial charge in [-0.3, -0.25) is 0 Å². The second kappa shape index (κ2) is 13.6. The first-order chi connectivity index (χ1) is 22.7. The summed E-state index contributed by atoms with van der Waals surface area (Å²) < 4.78 is 1.31. The van der Waals surface area contributed by atoms with E-state index < -0.39 is 26.8 Å². The molecule has 2 aliphatic carbocycles. The summed E-state index contributed by atoms with van der Waals surface area (Å²) in [7, 11) is 0. The van der Waals surface area contributed by atoms with Crippen LogP contribution in [-0.4, -0.2) is 5.92 Å². The molecule has 0 aromatic heterocycles. The number of fused-ring (bicyclic) bond motifs is 2. The molecule has 0 aliphatic heterocycles. The van der Waals surface area contributed by atoms with Gasteiger partial charge in [-0.15, -0.1) is 0 Å². The molecule has 6 rings (SSSR count). The van der Waals surface area contributed by atoms with Crippen LogP contribution in [0.25, 0.3) is 34.4 Å². The molecule has 0 nitrogen and oxygen atoms in total. The quantitative estimate of drug-likeness (QED) is 0.159. The molecule has 2 heteroatoms. The van der Waals surface area contributed by atoms with Crippen molar-refractivity contribution in [3.8, 4) is 22.3 Å². The Labute approximate surface area is 301 Å². The molecule has 48 heavy (non-hydrogen) atoms. The average molecular weight is 729 g/mol. The fraction of sp³-hybridized carbons (Fsp3) is 0.391. The van der Waals surface area contributed by atoms with Crippen LogP contribution in [0, 0.1) is 5.92 Å². The van der Waals surface area contributed by atoms with Crippen molar-refractivity contribution in [2.24, 2.45) is 5.92 Å². The molecule has 0 radical (unpaired) electrons. The molecule has 4 aromatic carbocycles. The van der Waals surface area contributed by atoms with Crippen LogP contribution in [0.1, 0.15) is 116 Å². The van der Waals surface area contributed by atoms with Crippen LogP contribution >= 0.6 is 0 Å². The van der Waals surface area contributed by atoms with Gasteiger partial charge in [0.05, 0.1) is 0 Å². The standard InChI is InChI=1S/C23H27.C21H23.C2H7Si.Zr/c1-6-16(2)19-14-18-8-7-9-21(22(18)15-19)17-10-12-20(13-11-17)23(3,4)5;1-5-15-13-17-7-6-8-19(20(17)14-15)16-9-11-18(12-10-16)21(2,3)4;1-3-2;/h7-16H,6H2,1-5H3;6-14H,5H2,1-4H3;3H,1-2H3;. The Balaban J connectivity index is 1.47. The van der Waals surface area contributed by atoms with E-state index in [1.54, 1.807) is 22.3 Å². The summed E-state index contributed by atoms with van der Waals surface area (Å²) in [6, 6.07) is 33.4. The summed E-state index contributed by atoms with van der Waals surface area (Å²) in [5, 5.41) is 0. The molecule has 0 saturated carbocycles. The third kappa shape index (κ3) is 6.54. The van der Waals surface area contributed by atoms with E-state index in [1.165, 1.54) is 50.9 Å². The minimum atomic E-state index is -2.20. The molecule has 249 valence electrons. The van der Waals surface area contributed by atoms with Gasteiger partial charge in [-0.25, -0.2) is 0 Å². The number of allylic oxidation sites excluding steroid dienone is 2. The van der Waals surface area contributed by atoms with Gasteiger partial charge in [0.15, 0.2) is 0 Å². The Kier molecular flexibility index (Phi) is 10.0. The molecule has 0 heterocycles. The maximum absolute atomic E-state index is 2.70. The van der Waals surface area contributed by atoms with Crippen molar-refractivity contribution in [3.05, 3.63) is 129 Å². The van der Waals surface area contributed by atoms with Gasteiger partial charge in [0.1, 0.15) is 0 Å². The first kappa shape index (κ1) is 35.3. The predicted molar refractivity (Wildman–Crippen MR) is 211 cm³/mol. The summed E-state index contributed by atoms with van der Waals surface area (Å²) >= 11 is -2.20. The summed E-state index contributed by atoms with van der Waals surface area (Å²) in [5.74, 6) is -0.367. The molecule has 0 spiro atoms. The van der Waals surface area contributed by atoms with Crippen LogP contribution in [0.15, 0.2) is 96.1 Å². The Morgan fingerprint density at radius 3 is 1.50 bits per heavy atom. The first-order valence-electron chi connectivity index (χ1n) is 18.5. The molecule has 0 bridgehead atoms. The van der Waals surface area contributed by atoms with Gasteiger partial charge in [-0.1, -0.05) is 0 Å². The van der Waals surface area contributed by atoms with Gasteiger partial charge in [0.25, 0.3) is 0 Å². The second-order valence-corrected chi connectivity index (χ2v) is 36.9. The summed E-state index contributed by atoms with van der Waals surface area (Å²) in [6.45, 7) is 26.6. The molecule has 0 N–H and O–H groups in total. The van der Waals surface area contributed by atoms with Gasteiger partial charge in [-0.05, 0) is 0 Å². The Hall–Kier alpha value is -2.54. The molecule has 4 aromatic rings. The number of benzene rings is 4. The molecule has 0 saturated heterocycles. The summed E-state index contributed by atoms with van der Waals surface area (Å²) in [5.41, 5.74) is 18.4. The van der Waals surface area contributed by atoms with Crippen LogP contribution in [0.4, 0.5) is 0 Å². The third-order valence-electron chi connectivity index (χ3n) is 11.3.